The lowest BCUT2D eigenvalue weighted by Crippen LogP contribution is -2.28. The van der Waals surface area contributed by atoms with Crippen LogP contribution >= 0.6 is 23.2 Å². The summed E-state index contributed by atoms with van der Waals surface area (Å²) >= 11 is 12.1. The van der Waals surface area contributed by atoms with E-state index in [1.165, 1.54) is 4.68 Å². The molecule has 0 atom stereocenters. The van der Waals surface area contributed by atoms with Gasteiger partial charge in [-0.15, -0.1) is 0 Å². The summed E-state index contributed by atoms with van der Waals surface area (Å²) in [6.07, 6.45) is 0.604. The largest absolute Gasteiger partial charge is 0.548 e. The van der Waals surface area contributed by atoms with Crippen LogP contribution < -0.4 is 5.11 Å². The molecule has 118 valence electrons. The van der Waals surface area contributed by atoms with Crippen LogP contribution in [0.25, 0.3) is 0 Å². The molecule has 1 aromatic carbocycles. The third-order valence-electron chi connectivity index (χ3n) is 3.49. The molecule has 0 bridgehead atoms. The molecule has 0 aliphatic heterocycles. The summed E-state index contributed by atoms with van der Waals surface area (Å²) in [5.41, 5.74) is 3.68. The van der Waals surface area contributed by atoms with Gasteiger partial charge in [-0.2, -0.15) is 5.10 Å². The van der Waals surface area contributed by atoms with Crippen LogP contribution in [0.5, 0.6) is 0 Å². The lowest BCUT2D eigenvalue weighted by atomic mass is 9.98. The van der Waals surface area contributed by atoms with Crippen LogP contribution in [-0.2, 0) is 17.8 Å². The van der Waals surface area contributed by atoms with Crippen molar-refractivity contribution in [2.45, 2.75) is 39.7 Å². The van der Waals surface area contributed by atoms with Crippen molar-refractivity contribution in [3.05, 3.63) is 50.8 Å². The first-order chi connectivity index (χ1) is 10.3. The minimum absolute atomic E-state index is 0.186. The van der Waals surface area contributed by atoms with E-state index in [4.69, 9.17) is 23.2 Å². The van der Waals surface area contributed by atoms with E-state index in [1.54, 1.807) is 6.07 Å². The predicted molar refractivity (Wildman–Crippen MR) is 85.3 cm³/mol. The molecule has 2 rings (SSSR count). The van der Waals surface area contributed by atoms with Crippen LogP contribution in [0.4, 0.5) is 0 Å². The SMILES string of the molecule is Cc1c(Cc2cc(Cl)cc(Cl)c2)c(C(C)C)nn1CC(=O)[O-]. The van der Waals surface area contributed by atoms with Crippen LogP contribution in [0, 0.1) is 6.92 Å². The molecule has 1 heterocycles. The minimum atomic E-state index is -1.15. The third-order valence-corrected chi connectivity index (χ3v) is 3.93. The normalized spacial score (nSPS) is 11.2. The number of aromatic nitrogens is 2. The molecule has 0 spiro atoms. The van der Waals surface area contributed by atoms with Crippen LogP contribution in [0.3, 0.4) is 0 Å². The fourth-order valence-corrected chi connectivity index (χ4v) is 3.05. The quantitative estimate of drug-likeness (QED) is 0.841. The van der Waals surface area contributed by atoms with Crippen molar-refractivity contribution in [1.29, 1.82) is 0 Å². The van der Waals surface area contributed by atoms with Crippen molar-refractivity contribution in [1.82, 2.24) is 9.78 Å². The van der Waals surface area contributed by atoms with E-state index in [0.717, 1.165) is 22.5 Å². The molecule has 0 aliphatic carbocycles. The van der Waals surface area contributed by atoms with E-state index in [9.17, 15) is 9.90 Å². The van der Waals surface area contributed by atoms with Gasteiger partial charge in [0.05, 0.1) is 18.2 Å². The number of benzene rings is 1. The zero-order valence-corrected chi connectivity index (χ0v) is 14.2. The number of halogens is 2. The van der Waals surface area contributed by atoms with Gasteiger partial charge < -0.3 is 9.90 Å². The van der Waals surface area contributed by atoms with Gasteiger partial charge in [-0.1, -0.05) is 37.0 Å². The fraction of sp³-hybridized carbons (Fsp3) is 0.375. The lowest BCUT2D eigenvalue weighted by Gasteiger charge is -2.08. The van der Waals surface area contributed by atoms with Gasteiger partial charge in [-0.05, 0) is 36.6 Å². The smallest absolute Gasteiger partial charge is 0.0807 e. The Morgan fingerprint density at radius 1 is 1.27 bits per heavy atom. The van der Waals surface area contributed by atoms with Gasteiger partial charge in [0.15, 0.2) is 0 Å². The zero-order chi connectivity index (χ0) is 16.4. The molecule has 1 aromatic heterocycles. The molecule has 0 amide bonds. The first-order valence-corrected chi connectivity index (χ1v) is 7.74. The van der Waals surface area contributed by atoms with Crippen LogP contribution in [0.15, 0.2) is 18.2 Å². The van der Waals surface area contributed by atoms with E-state index in [-0.39, 0.29) is 12.5 Å². The highest BCUT2D eigenvalue weighted by molar-refractivity contribution is 6.34. The van der Waals surface area contributed by atoms with Crippen LogP contribution in [0.1, 0.15) is 42.3 Å². The van der Waals surface area contributed by atoms with E-state index in [1.807, 2.05) is 32.9 Å². The highest BCUT2D eigenvalue weighted by Gasteiger charge is 2.18. The Morgan fingerprint density at radius 3 is 2.36 bits per heavy atom. The van der Waals surface area contributed by atoms with Gasteiger partial charge in [0.25, 0.3) is 0 Å². The molecule has 0 saturated carbocycles. The molecule has 0 fully saturated rings. The summed E-state index contributed by atoms with van der Waals surface area (Å²) in [4.78, 5) is 10.9. The summed E-state index contributed by atoms with van der Waals surface area (Å²) in [6, 6.07) is 5.39. The van der Waals surface area contributed by atoms with Gasteiger partial charge in [0.2, 0.25) is 0 Å². The summed E-state index contributed by atoms with van der Waals surface area (Å²) < 4.78 is 1.48. The van der Waals surface area contributed by atoms with Crippen molar-refractivity contribution in [3.63, 3.8) is 0 Å². The second kappa shape index (κ2) is 6.71. The first kappa shape index (κ1) is 16.8. The molecule has 0 radical (unpaired) electrons. The summed E-state index contributed by atoms with van der Waals surface area (Å²) in [5, 5.41) is 16.4. The number of hydrogen-bond donors (Lipinski definition) is 0. The number of nitrogens with zero attached hydrogens (tertiary/aromatic N) is 2. The molecular formula is C16H17Cl2N2O2-. The average Bonchev–Trinajstić information content (AvgIpc) is 2.66. The Hall–Kier alpha value is -1.52. The fourth-order valence-electron chi connectivity index (χ4n) is 2.48. The second-order valence-electron chi connectivity index (χ2n) is 5.59. The Balaban J connectivity index is 2.44. The van der Waals surface area contributed by atoms with Crippen molar-refractivity contribution in [2.75, 3.05) is 0 Å². The molecule has 0 aliphatic rings. The highest BCUT2D eigenvalue weighted by Crippen LogP contribution is 2.27. The number of carbonyl (C=O) groups is 1. The Kier molecular flexibility index (Phi) is 5.14. The Morgan fingerprint density at radius 2 is 1.86 bits per heavy atom. The van der Waals surface area contributed by atoms with Crippen molar-refractivity contribution >= 4 is 29.2 Å². The molecule has 2 aromatic rings. The molecule has 6 heteroatoms. The Bertz CT molecular complexity index is 688. The third kappa shape index (κ3) is 3.81. The maximum Gasteiger partial charge on any atom is 0.0807 e. The van der Waals surface area contributed by atoms with E-state index in [2.05, 4.69) is 5.10 Å². The van der Waals surface area contributed by atoms with Crippen LogP contribution in [-0.4, -0.2) is 15.7 Å². The molecule has 0 unspecified atom stereocenters. The predicted octanol–water partition coefficient (Wildman–Crippen LogP) is 2.96. The molecule has 0 N–H and O–H groups in total. The monoisotopic (exact) mass is 339 g/mol. The number of hydrogen-bond acceptors (Lipinski definition) is 3. The molecule has 4 nitrogen and oxygen atoms in total. The number of rotatable bonds is 5. The van der Waals surface area contributed by atoms with Gasteiger partial charge in [0.1, 0.15) is 0 Å². The average molecular weight is 340 g/mol. The van der Waals surface area contributed by atoms with Crippen LogP contribution in [0.2, 0.25) is 10.0 Å². The van der Waals surface area contributed by atoms with Gasteiger partial charge >= 0.3 is 0 Å². The standard InChI is InChI=1S/C16H18Cl2N2O2/c1-9(2)16-14(10(3)20(19-16)8-15(21)22)6-11-4-12(17)7-13(18)5-11/h4-5,7,9H,6,8H2,1-3H3,(H,21,22)/p-1. The maximum absolute atomic E-state index is 10.9. The van der Waals surface area contributed by atoms with Crippen molar-refractivity contribution in [3.8, 4) is 0 Å². The van der Waals surface area contributed by atoms with Crippen molar-refractivity contribution in [2.24, 2.45) is 0 Å². The molecule has 22 heavy (non-hydrogen) atoms. The second-order valence-corrected chi connectivity index (χ2v) is 6.46. The summed E-state index contributed by atoms with van der Waals surface area (Å²) in [5.74, 6) is -0.968. The minimum Gasteiger partial charge on any atom is -0.548 e. The Labute approximate surface area is 139 Å². The van der Waals surface area contributed by atoms with Gasteiger partial charge in [-0.3, -0.25) is 4.68 Å². The van der Waals surface area contributed by atoms with E-state index >= 15 is 0 Å². The van der Waals surface area contributed by atoms with E-state index < -0.39 is 5.97 Å². The highest BCUT2D eigenvalue weighted by atomic mass is 35.5. The number of aliphatic carboxylic acids is 1. The summed E-state index contributed by atoms with van der Waals surface area (Å²) in [6.45, 7) is 5.67. The number of carboxylic acids is 1. The molecular weight excluding hydrogens is 323 g/mol. The molecule has 0 saturated heterocycles. The van der Waals surface area contributed by atoms with E-state index in [0.29, 0.717) is 16.5 Å². The van der Waals surface area contributed by atoms with Gasteiger partial charge in [0, 0.05) is 27.7 Å². The number of carbonyl (C=O) groups excluding carboxylic acids is 1. The maximum atomic E-state index is 10.9. The lowest BCUT2D eigenvalue weighted by molar-refractivity contribution is -0.306. The summed E-state index contributed by atoms with van der Waals surface area (Å²) in [7, 11) is 0. The zero-order valence-electron chi connectivity index (χ0n) is 12.7. The van der Waals surface area contributed by atoms with Crippen molar-refractivity contribution < 1.29 is 9.90 Å². The first-order valence-electron chi connectivity index (χ1n) is 6.99. The topological polar surface area (TPSA) is 58.0 Å². The van der Waals surface area contributed by atoms with Gasteiger partial charge in [-0.25, -0.2) is 0 Å². The number of carboxylic acid groups (broad SMARTS) is 1.